The standard InChI is InChI=1S/C19H18N5.2C2H6O.O.V/c1-2-11-24(12-18-20-14-7-3-4-8-15(14)21-18)13-19-22-16-9-5-6-10-17(16)23-19;2*1-2-3;;/h2-10H,1,11-13H2,(H-,20,21,22,23);2*3H,2H2,1H3;;/q-1;;;;+2. The third kappa shape index (κ3) is 8.86. The fourth-order valence-corrected chi connectivity index (χ4v) is 2.89. The fraction of sp³-hybridized carbons (Fsp3) is 0.304. The zero-order valence-electron chi connectivity index (χ0n) is 18.5. The monoisotopic (exact) mass is 475 g/mol. The van der Waals surface area contributed by atoms with E-state index in [1.807, 2.05) is 54.6 Å². The van der Waals surface area contributed by atoms with Crippen LogP contribution in [0.25, 0.3) is 22.1 Å². The van der Waals surface area contributed by atoms with E-state index in [1.54, 1.807) is 13.8 Å². The van der Waals surface area contributed by atoms with Gasteiger partial charge in [0.15, 0.2) is 0 Å². The summed E-state index contributed by atoms with van der Waals surface area (Å²) in [4.78, 5) is 19.4. The van der Waals surface area contributed by atoms with Crippen LogP contribution in [0, 0.1) is 0 Å². The Kier molecular flexibility index (Phi) is 13.8. The summed E-state index contributed by atoms with van der Waals surface area (Å²) in [6.45, 7) is 9.83. The van der Waals surface area contributed by atoms with E-state index in [2.05, 4.69) is 31.4 Å². The van der Waals surface area contributed by atoms with Crippen molar-refractivity contribution in [1.29, 1.82) is 0 Å². The number of benzene rings is 2. The molecule has 4 rings (SSSR count). The number of aliphatic hydroxyl groups is 2. The van der Waals surface area contributed by atoms with Crippen molar-refractivity contribution < 1.29 is 31.3 Å². The predicted molar refractivity (Wildman–Crippen MR) is 122 cm³/mol. The molecule has 0 bridgehead atoms. The summed E-state index contributed by atoms with van der Waals surface area (Å²) in [7, 11) is 0. The van der Waals surface area contributed by atoms with Crippen LogP contribution in [0.2, 0.25) is 0 Å². The fourth-order valence-electron chi connectivity index (χ4n) is 2.89. The number of rotatable bonds is 6. The second kappa shape index (κ2) is 16.1. The summed E-state index contributed by atoms with van der Waals surface area (Å²) in [5.41, 5.74) is 3.92. The average Bonchev–Trinajstić information content (AvgIpc) is 3.39. The van der Waals surface area contributed by atoms with Crippen molar-refractivity contribution >= 4 is 22.1 Å². The number of aromatic amines is 1. The molecule has 0 aliphatic rings. The number of nitrogens with zero attached hydrogens (tertiary/aromatic N) is 4. The number of hydrogen-bond acceptors (Lipinski definition) is 6. The zero-order valence-corrected chi connectivity index (χ0v) is 19.9. The van der Waals surface area contributed by atoms with Crippen LogP contribution < -0.4 is 4.98 Å². The topological polar surface area (TPSA) is 116 Å². The van der Waals surface area contributed by atoms with Gasteiger partial charge in [-0.2, -0.15) is 0 Å². The molecule has 2 aromatic heterocycles. The van der Waals surface area contributed by atoms with E-state index in [0.717, 1.165) is 57.6 Å². The summed E-state index contributed by atoms with van der Waals surface area (Å²) < 4.78 is 8.19. The Labute approximate surface area is 197 Å². The summed E-state index contributed by atoms with van der Waals surface area (Å²) in [6, 6.07) is 16.0. The first kappa shape index (κ1) is 27.4. The maximum absolute atomic E-state index is 8.19. The normalized spacial score (nSPS) is 9.97. The van der Waals surface area contributed by atoms with Crippen molar-refractivity contribution in [2.75, 3.05) is 19.8 Å². The Bertz CT molecular complexity index is 906. The molecule has 3 N–H and O–H groups in total. The van der Waals surface area contributed by atoms with Gasteiger partial charge in [0.2, 0.25) is 0 Å². The molecule has 9 heteroatoms. The second-order valence-corrected chi connectivity index (χ2v) is 6.42. The molecule has 0 saturated heterocycles. The van der Waals surface area contributed by atoms with Crippen molar-refractivity contribution in [3.05, 3.63) is 72.8 Å². The Morgan fingerprint density at radius 1 is 1.00 bits per heavy atom. The van der Waals surface area contributed by atoms with Crippen LogP contribution in [0.1, 0.15) is 25.5 Å². The molecule has 0 amide bonds. The molecule has 0 saturated carbocycles. The maximum atomic E-state index is 8.19. The van der Waals surface area contributed by atoms with E-state index >= 15 is 0 Å². The van der Waals surface area contributed by atoms with E-state index < -0.39 is 0 Å². The van der Waals surface area contributed by atoms with Gasteiger partial charge in [-0.3, -0.25) is 4.90 Å². The minimum absolute atomic E-state index is 0.250. The molecule has 8 nitrogen and oxygen atoms in total. The first-order valence-corrected chi connectivity index (χ1v) is 10.8. The van der Waals surface area contributed by atoms with E-state index in [-0.39, 0.29) is 13.2 Å². The number of aliphatic hydroxyl groups excluding tert-OH is 2. The molecule has 169 valence electrons. The van der Waals surface area contributed by atoms with Crippen LogP contribution in [-0.4, -0.2) is 49.8 Å². The molecule has 0 unspecified atom stereocenters. The van der Waals surface area contributed by atoms with Gasteiger partial charge in [0.05, 0.1) is 17.6 Å². The number of imidazole rings is 2. The summed E-state index contributed by atoms with van der Waals surface area (Å²) in [5, 5.41) is 15.1. The molecule has 0 aliphatic carbocycles. The van der Waals surface area contributed by atoms with E-state index in [1.165, 1.54) is 0 Å². The number of aromatic nitrogens is 4. The minimum atomic E-state index is 0.250. The van der Waals surface area contributed by atoms with Crippen LogP contribution in [-0.2, 0) is 34.1 Å². The molecular formula is C23H30N5O3V+. The third-order valence-corrected chi connectivity index (χ3v) is 3.94. The van der Waals surface area contributed by atoms with E-state index in [0.29, 0.717) is 13.1 Å². The number of nitrogens with one attached hydrogen (secondary N) is 1. The molecule has 0 atom stereocenters. The third-order valence-electron chi connectivity index (χ3n) is 3.94. The first-order valence-electron chi connectivity index (χ1n) is 10.2. The number of fused-ring (bicyclic) bond motifs is 2. The molecule has 0 aliphatic heterocycles. The van der Waals surface area contributed by atoms with Crippen molar-refractivity contribution in [2.24, 2.45) is 0 Å². The van der Waals surface area contributed by atoms with E-state index in [4.69, 9.17) is 13.9 Å². The molecular weight excluding hydrogens is 445 g/mol. The van der Waals surface area contributed by atoms with Gasteiger partial charge in [0.25, 0.3) is 0 Å². The van der Waals surface area contributed by atoms with Crippen LogP contribution >= 0.6 is 0 Å². The van der Waals surface area contributed by atoms with Crippen molar-refractivity contribution in [1.82, 2.24) is 24.8 Å². The van der Waals surface area contributed by atoms with Gasteiger partial charge >= 0.3 is 21.0 Å². The molecule has 0 radical (unpaired) electrons. The quantitative estimate of drug-likeness (QED) is 0.367. The van der Waals surface area contributed by atoms with Crippen molar-refractivity contribution in [3.63, 3.8) is 0 Å². The van der Waals surface area contributed by atoms with Gasteiger partial charge in [0, 0.05) is 26.3 Å². The van der Waals surface area contributed by atoms with Crippen LogP contribution in [0.4, 0.5) is 0 Å². The number of hydrogen-bond donors (Lipinski definition) is 3. The van der Waals surface area contributed by atoms with Crippen molar-refractivity contribution in [2.45, 2.75) is 26.9 Å². The van der Waals surface area contributed by atoms with Gasteiger partial charge < -0.3 is 25.2 Å². The predicted octanol–water partition coefficient (Wildman–Crippen LogP) is 3.13. The van der Waals surface area contributed by atoms with Gasteiger partial charge in [-0.15, -0.1) is 6.58 Å². The SMILES string of the molecule is C=CCN(Cc1nc2ccccc2[n-]1)Cc1nc2ccccc2[nH]1.CCO.CCO.[O]=[V+2]. The molecule has 0 fully saturated rings. The van der Waals surface area contributed by atoms with Crippen LogP contribution in [0.15, 0.2) is 61.2 Å². The molecule has 2 aromatic carbocycles. The second-order valence-electron chi connectivity index (χ2n) is 6.42. The molecule has 2 heterocycles. The molecule has 0 spiro atoms. The number of H-pyrrole nitrogens is 1. The van der Waals surface area contributed by atoms with E-state index in [9.17, 15) is 0 Å². The van der Waals surface area contributed by atoms with Gasteiger partial charge in [0.1, 0.15) is 5.82 Å². The van der Waals surface area contributed by atoms with Gasteiger partial charge in [-0.05, 0) is 37.0 Å². The van der Waals surface area contributed by atoms with Gasteiger partial charge in [-0.25, -0.2) is 4.98 Å². The number of para-hydroxylation sites is 4. The van der Waals surface area contributed by atoms with Gasteiger partial charge in [-0.1, -0.05) is 48.3 Å². The van der Waals surface area contributed by atoms with Crippen molar-refractivity contribution in [3.8, 4) is 0 Å². The molecule has 4 aromatic rings. The Morgan fingerprint density at radius 3 is 2.19 bits per heavy atom. The summed E-state index contributed by atoms with van der Waals surface area (Å²) in [6.07, 6.45) is 1.89. The average molecular weight is 475 g/mol. The first-order chi connectivity index (χ1) is 15.6. The zero-order chi connectivity index (χ0) is 23.8. The summed E-state index contributed by atoms with van der Waals surface area (Å²) in [5.74, 6) is 1.77. The molecule has 32 heavy (non-hydrogen) atoms. The Balaban J connectivity index is 0.000000567. The Morgan fingerprint density at radius 2 is 1.59 bits per heavy atom. The van der Waals surface area contributed by atoms with Crippen LogP contribution in [0.5, 0.6) is 0 Å². The van der Waals surface area contributed by atoms with Crippen LogP contribution in [0.3, 0.4) is 0 Å². The summed E-state index contributed by atoms with van der Waals surface area (Å²) >= 11 is 1.06. The Hall–Kier alpha value is -2.62.